The number of hydrogen-bond acceptors (Lipinski definition) is 3. The second-order valence-corrected chi connectivity index (χ2v) is 4.97. The molecule has 2 rings (SSSR count). The third-order valence-electron chi connectivity index (χ3n) is 2.90. The second kappa shape index (κ2) is 6.85. The van der Waals surface area contributed by atoms with Gasteiger partial charge in [0.1, 0.15) is 5.76 Å². The topological polar surface area (TPSA) is 54.3 Å². The maximum atomic E-state index is 11.7. The number of carbonyl (C=O) groups excluding carboxylic acids is 1. The van der Waals surface area contributed by atoms with Gasteiger partial charge in [0.2, 0.25) is 5.91 Å². The van der Waals surface area contributed by atoms with Crippen LogP contribution in [0.25, 0.3) is 6.08 Å². The number of amides is 1. The zero-order valence-electron chi connectivity index (χ0n) is 11.8. The van der Waals surface area contributed by atoms with Gasteiger partial charge in [0.15, 0.2) is 5.11 Å². The van der Waals surface area contributed by atoms with E-state index in [0.29, 0.717) is 5.76 Å². The quantitative estimate of drug-likeness (QED) is 0.673. The molecule has 0 saturated heterocycles. The largest absolute Gasteiger partial charge is 0.465 e. The molecule has 0 bridgehead atoms. The van der Waals surface area contributed by atoms with Crippen LogP contribution < -0.4 is 10.6 Å². The molecule has 2 N–H and O–H groups in total. The van der Waals surface area contributed by atoms with E-state index >= 15 is 0 Å². The van der Waals surface area contributed by atoms with Gasteiger partial charge in [-0.05, 0) is 55.4 Å². The van der Waals surface area contributed by atoms with Crippen LogP contribution in [-0.2, 0) is 4.79 Å². The van der Waals surface area contributed by atoms with Crippen molar-refractivity contribution in [1.82, 2.24) is 5.32 Å². The van der Waals surface area contributed by atoms with E-state index in [-0.39, 0.29) is 11.0 Å². The lowest BCUT2D eigenvalue weighted by Crippen LogP contribution is -2.33. The molecule has 0 atom stereocenters. The third kappa shape index (κ3) is 4.29. The first-order valence-corrected chi connectivity index (χ1v) is 6.87. The molecule has 5 heteroatoms. The van der Waals surface area contributed by atoms with Crippen LogP contribution in [0.4, 0.5) is 5.69 Å². The van der Waals surface area contributed by atoms with Gasteiger partial charge in [-0.15, -0.1) is 0 Å². The summed E-state index contributed by atoms with van der Waals surface area (Å²) in [6.07, 6.45) is 4.50. The zero-order chi connectivity index (χ0) is 15.2. The first-order valence-electron chi connectivity index (χ1n) is 6.46. The van der Waals surface area contributed by atoms with Crippen LogP contribution >= 0.6 is 12.2 Å². The Kier molecular flexibility index (Phi) is 4.90. The molecule has 4 nitrogen and oxygen atoms in total. The fourth-order valence-electron chi connectivity index (χ4n) is 1.85. The average molecular weight is 300 g/mol. The van der Waals surface area contributed by atoms with Crippen molar-refractivity contribution in [2.24, 2.45) is 0 Å². The van der Waals surface area contributed by atoms with E-state index < -0.39 is 0 Å². The van der Waals surface area contributed by atoms with Gasteiger partial charge in [0, 0.05) is 11.8 Å². The Labute approximate surface area is 128 Å². The lowest BCUT2D eigenvalue weighted by atomic mass is 10.1. The average Bonchev–Trinajstić information content (AvgIpc) is 2.94. The number of furan rings is 1. The number of rotatable bonds is 3. The molecule has 0 spiro atoms. The normalized spacial score (nSPS) is 10.6. The van der Waals surface area contributed by atoms with Gasteiger partial charge >= 0.3 is 0 Å². The van der Waals surface area contributed by atoms with Gasteiger partial charge in [-0.2, -0.15) is 0 Å². The van der Waals surface area contributed by atoms with E-state index in [1.54, 1.807) is 24.5 Å². The van der Waals surface area contributed by atoms with Crippen molar-refractivity contribution in [2.75, 3.05) is 5.32 Å². The molecule has 1 aromatic heterocycles. The predicted octanol–water partition coefficient (Wildman–Crippen LogP) is 3.42. The molecule has 108 valence electrons. The minimum Gasteiger partial charge on any atom is -0.465 e. The lowest BCUT2D eigenvalue weighted by Gasteiger charge is -2.13. The van der Waals surface area contributed by atoms with Crippen molar-refractivity contribution >= 4 is 35.0 Å². The molecule has 0 radical (unpaired) electrons. The molecule has 1 aromatic carbocycles. The van der Waals surface area contributed by atoms with Gasteiger partial charge in [0.25, 0.3) is 0 Å². The summed E-state index contributed by atoms with van der Waals surface area (Å²) in [4.78, 5) is 11.7. The zero-order valence-corrected chi connectivity index (χ0v) is 12.7. The highest BCUT2D eigenvalue weighted by Crippen LogP contribution is 2.19. The van der Waals surface area contributed by atoms with E-state index in [1.165, 1.54) is 6.08 Å². The van der Waals surface area contributed by atoms with Crippen LogP contribution in [0.3, 0.4) is 0 Å². The molecule has 0 aliphatic rings. The monoisotopic (exact) mass is 300 g/mol. The highest BCUT2D eigenvalue weighted by Gasteiger charge is 2.06. The SMILES string of the molecule is Cc1cccc(C)c1NC(=S)NC(=O)/C=C/c1ccco1. The fourth-order valence-corrected chi connectivity index (χ4v) is 2.06. The highest BCUT2D eigenvalue weighted by molar-refractivity contribution is 7.80. The van der Waals surface area contributed by atoms with Crippen LogP contribution in [0.1, 0.15) is 16.9 Å². The van der Waals surface area contributed by atoms with E-state index in [4.69, 9.17) is 16.6 Å². The molecule has 0 aliphatic heterocycles. The Morgan fingerprint density at radius 3 is 2.52 bits per heavy atom. The maximum Gasteiger partial charge on any atom is 0.250 e. The smallest absolute Gasteiger partial charge is 0.250 e. The number of benzene rings is 1. The number of anilines is 1. The van der Waals surface area contributed by atoms with E-state index in [0.717, 1.165) is 16.8 Å². The van der Waals surface area contributed by atoms with Crippen molar-refractivity contribution in [1.29, 1.82) is 0 Å². The Balaban J connectivity index is 1.94. The molecule has 2 aromatic rings. The van der Waals surface area contributed by atoms with Crippen LogP contribution in [0.5, 0.6) is 0 Å². The molecule has 1 amide bonds. The van der Waals surface area contributed by atoms with Crippen LogP contribution in [0, 0.1) is 13.8 Å². The minimum absolute atomic E-state index is 0.265. The Bertz CT molecular complexity index is 655. The number of para-hydroxylation sites is 1. The van der Waals surface area contributed by atoms with Crippen molar-refractivity contribution in [3.8, 4) is 0 Å². The van der Waals surface area contributed by atoms with Crippen LogP contribution in [0.2, 0.25) is 0 Å². The predicted molar refractivity (Wildman–Crippen MR) is 88.0 cm³/mol. The number of thiocarbonyl (C=S) groups is 1. The molecule has 21 heavy (non-hydrogen) atoms. The minimum atomic E-state index is -0.310. The van der Waals surface area contributed by atoms with E-state index in [2.05, 4.69) is 10.6 Å². The Morgan fingerprint density at radius 1 is 1.19 bits per heavy atom. The summed E-state index contributed by atoms with van der Waals surface area (Å²) < 4.78 is 5.10. The van der Waals surface area contributed by atoms with Gasteiger partial charge in [0.05, 0.1) is 6.26 Å². The number of hydrogen-bond donors (Lipinski definition) is 2. The van der Waals surface area contributed by atoms with Crippen molar-refractivity contribution in [3.05, 3.63) is 59.6 Å². The summed E-state index contributed by atoms with van der Waals surface area (Å²) in [6, 6.07) is 9.46. The standard InChI is InChI=1S/C16H16N2O2S/c1-11-5-3-6-12(2)15(11)18-16(21)17-14(19)9-8-13-7-4-10-20-13/h3-10H,1-2H3,(H2,17,18,19,21)/b9-8+. The Hall–Kier alpha value is -2.40. The number of aryl methyl sites for hydroxylation is 2. The first-order chi connectivity index (χ1) is 10.1. The van der Waals surface area contributed by atoms with Crippen molar-refractivity contribution < 1.29 is 9.21 Å². The molecular weight excluding hydrogens is 284 g/mol. The lowest BCUT2D eigenvalue weighted by molar-refractivity contribution is -0.115. The van der Waals surface area contributed by atoms with Crippen molar-refractivity contribution in [3.63, 3.8) is 0 Å². The molecule has 0 unspecified atom stereocenters. The summed E-state index contributed by atoms with van der Waals surface area (Å²) in [5.41, 5.74) is 3.05. The third-order valence-corrected chi connectivity index (χ3v) is 3.10. The summed E-state index contributed by atoms with van der Waals surface area (Å²) in [5.74, 6) is 0.300. The summed E-state index contributed by atoms with van der Waals surface area (Å²) in [6.45, 7) is 3.97. The van der Waals surface area contributed by atoms with Gasteiger partial charge in [-0.3, -0.25) is 10.1 Å². The van der Waals surface area contributed by atoms with Crippen LogP contribution in [0.15, 0.2) is 47.1 Å². The summed E-state index contributed by atoms with van der Waals surface area (Å²) in [5, 5.41) is 5.91. The van der Waals surface area contributed by atoms with Crippen molar-refractivity contribution in [2.45, 2.75) is 13.8 Å². The van der Waals surface area contributed by atoms with Gasteiger partial charge in [-0.25, -0.2) is 0 Å². The molecule has 0 fully saturated rings. The molecular formula is C16H16N2O2S. The molecule has 1 heterocycles. The molecule has 0 aliphatic carbocycles. The fraction of sp³-hybridized carbons (Fsp3) is 0.125. The number of nitrogens with one attached hydrogen (secondary N) is 2. The van der Waals surface area contributed by atoms with Crippen LogP contribution in [-0.4, -0.2) is 11.0 Å². The Morgan fingerprint density at radius 2 is 1.90 bits per heavy atom. The molecule has 0 saturated carbocycles. The van der Waals surface area contributed by atoms with E-state index in [9.17, 15) is 4.79 Å². The van der Waals surface area contributed by atoms with Gasteiger partial charge < -0.3 is 9.73 Å². The number of carbonyl (C=O) groups is 1. The summed E-state index contributed by atoms with van der Waals surface area (Å²) >= 11 is 5.15. The van der Waals surface area contributed by atoms with E-state index in [1.807, 2.05) is 32.0 Å². The highest BCUT2D eigenvalue weighted by atomic mass is 32.1. The van der Waals surface area contributed by atoms with Gasteiger partial charge in [-0.1, -0.05) is 18.2 Å². The maximum absolute atomic E-state index is 11.7. The summed E-state index contributed by atoms with van der Waals surface area (Å²) in [7, 11) is 0. The second-order valence-electron chi connectivity index (χ2n) is 4.56. The first kappa shape index (κ1) is 15.0.